The van der Waals surface area contributed by atoms with Gasteiger partial charge in [0.25, 0.3) is 0 Å². The lowest BCUT2D eigenvalue weighted by Gasteiger charge is -2.33. The van der Waals surface area contributed by atoms with Crippen LogP contribution in [0.15, 0.2) is 0 Å². The van der Waals surface area contributed by atoms with E-state index in [1.165, 1.54) is 12.8 Å². The van der Waals surface area contributed by atoms with Gasteiger partial charge in [0.2, 0.25) is 5.91 Å². The van der Waals surface area contributed by atoms with E-state index in [-0.39, 0.29) is 23.5 Å². The zero-order valence-electron chi connectivity index (χ0n) is 12.8. The first-order valence-electron chi connectivity index (χ1n) is 8.15. The summed E-state index contributed by atoms with van der Waals surface area (Å²) in [6, 6.07) is 0.724. The second-order valence-electron chi connectivity index (χ2n) is 6.98. The molecule has 0 aromatic carbocycles. The van der Waals surface area contributed by atoms with Crippen LogP contribution in [0.5, 0.6) is 0 Å². The van der Waals surface area contributed by atoms with E-state index in [2.05, 4.69) is 4.90 Å². The molecule has 120 valence electrons. The van der Waals surface area contributed by atoms with Gasteiger partial charge in [-0.25, -0.2) is 8.42 Å². The Kier molecular flexibility index (Phi) is 4.28. The molecule has 1 amide bonds. The largest absolute Gasteiger partial charge is 0.342 e. The minimum atomic E-state index is -2.92. The predicted octanol–water partition coefficient (Wildman–Crippen LogP) is 0.896. The minimum Gasteiger partial charge on any atom is -0.342 e. The number of carbonyl (C=O) groups excluding carboxylic acids is 1. The van der Waals surface area contributed by atoms with Crippen LogP contribution in [0.3, 0.4) is 0 Å². The molecule has 0 radical (unpaired) electrons. The summed E-state index contributed by atoms with van der Waals surface area (Å²) >= 11 is 0. The highest BCUT2D eigenvalue weighted by atomic mass is 32.2. The fourth-order valence-electron chi connectivity index (χ4n) is 3.64. The highest BCUT2D eigenvalue weighted by molar-refractivity contribution is 7.91. The number of carbonyl (C=O) groups is 1. The highest BCUT2D eigenvalue weighted by Gasteiger charge is 2.35. The summed E-state index contributed by atoms with van der Waals surface area (Å²) in [6.07, 6.45) is 6.11. The second-order valence-corrected chi connectivity index (χ2v) is 9.20. The number of hydrogen-bond acceptors (Lipinski definition) is 4. The zero-order chi connectivity index (χ0) is 15.0. The molecule has 1 aliphatic carbocycles. The molecule has 2 saturated heterocycles. The van der Waals surface area contributed by atoms with Crippen LogP contribution < -0.4 is 0 Å². The molecule has 3 rings (SSSR count). The number of sulfone groups is 1. The molecular weight excluding hydrogens is 288 g/mol. The Labute approximate surface area is 127 Å². The van der Waals surface area contributed by atoms with Gasteiger partial charge in [0.15, 0.2) is 9.84 Å². The third-order valence-corrected chi connectivity index (χ3v) is 7.08. The molecule has 0 spiro atoms. The van der Waals surface area contributed by atoms with Crippen molar-refractivity contribution in [2.45, 2.75) is 50.6 Å². The van der Waals surface area contributed by atoms with Crippen molar-refractivity contribution in [3.8, 4) is 0 Å². The van der Waals surface area contributed by atoms with Crippen molar-refractivity contribution in [1.82, 2.24) is 9.80 Å². The Morgan fingerprint density at radius 3 is 2.33 bits per heavy atom. The Morgan fingerprint density at radius 2 is 1.81 bits per heavy atom. The van der Waals surface area contributed by atoms with Crippen molar-refractivity contribution in [1.29, 1.82) is 0 Å². The maximum absolute atomic E-state index is 12.4. The van der Waals surface area contributed by atoms with Crippen LogP contribution in [0.1, 0.15) is 38.5 Å². The van der Waals surface area contributed by atoms with Gasteiger partial charge in [0, 0.05) is 25.6 Å². The Morgan fingerprint density at radius 1 is 1.14 bits per heavy atom. The standard InChI is InChI=1S/C15H26N2O3S/c1-16(14-6-9-21(19,20)11-14)15(18)10-12-4-7-17(8-5-12)13-2-3-13/h12-14H,2-11H2,1H3. The second kappa shape index (κ2) is 5.88. The van der Waals surface area contributed by atoms with Crippen molar-refractivity contribution in [2.75, 3.05) is 31.6 Å². The molecule has 0 aromatic rings. The summed E-state index contributed by atoms with van der Waals surface area (Å²) in [7, 11) is -1.15. The summed E-state index contributed by atoms with van der Waals surface area (Å²) < 4.78 is 23.0. The van der Waals surface area contributed by atoms with Crippen molar-refractivity contribution >= 4 is 15.7 Å². The lowest BCUT2D eigenvalue weighted by atomic mass is 9.92. The monoisotopic (exact) mass is 314 g/mol. The first-order chi connectivity index (χ1) is 9.94. The smallest absolute Gasteiger partial charge is 0.222 e. The first kappa shape index (κ1) is 15.3. The SMILES string of the molecule is CN(C(=O)CC1CCN(C2CC2)CC1)C1CCS(=O)(=O)C1. The number of amides is 1. The molecule has 1 saturated carbocycles. The van der Waals surface area contributed by atoms with Gasteiger partial charge in [-0.15, -0.1) is 0 Å². The normalized spacial score (nSPS) is 30.4. The average Bonchev–Trinajstić information content (AvgIpc) is 3.23. The predicted molar refractivity (Wildman–Crippen MR) is 81.8 cm³/mol. The summed E-state index contributed by atoms with van der Waals surface area (Å²) in [4.78, 5) is 16.6. The van der Waals surface area contributed by atoms with E-state index in [0.717, 1.165) is 32.0 Å². The van der Waals surface area contributed by atoms with Gasteiger partial charge in [-0.2, -0.15) is 0 Å². The zero-order valence-corrected chi connectivity index (χ0v) is 13.6. The van der Waals surface area contributed by atoms with E-state index in [4.69, 9.17) is 0 Å². The molecule has 2 heterocycles. The van der Waals surface area contributed by atoms with Crippen LogP contribution in [-0.2, 0) is 14.6 Å². The van der Waals surface area contributed by atoms with E-state index in [0.29, 0.717) is 18.8 Å². The van der Waals surface area contributed by atoms with Crippen molar-refractivity contribution < 1.29 is 13.2 Å². The topological polar surface area (TPSA) is 57.7 Å². The maximum atomic E-state index is 12.4. The van der Waals surface area contributed by atoms with Crippen molar-refractivity contribution in [2.24, 2.45) is 5.92 Å². The Hall–Kier alpha value is -0.620. The van der Waals surface area contributed by atoms with Crippen LogP contribution in [0.4, 0.5) is 0 Å². The minimum absolute atomic E-state index is 0.103. The number of piperidine rings is 1. The van der Waals surface area contributed by atoms with Crippen molar-refractivity contribution in [3.05, 3.63) is 0 Å². The van der Waals surface area contributed by atoms with Gasteiger partial charge >= 0.3 is 0 Å². The average molecular weight is 314 g/mol. The summed E-state index contributed by atoms with van der Waals surface area (Å²) in [5.41, 5.74) is 0. The fraction of sp³-hybridized carbons (Fsp3) is 0.933. The molecule has 6 heteroatoms. The van der Waals surface area contributed by atoms with Crippen molar-refractivity contribution in [3.63, 3.8) is 0 Å². The maximum Gasteiger partial charge on any atom is 0.222 e. The van der Waals surface area contributed by atoms with E-state index in [1.54, 1.807) is 11.9 Å². The number of likely N-dealkylation sites (tertiary alicyclic amines) is 1. The number of rotatable bonds is 4. The summed E-state index contributed by atoms with van der Waals surface area (Å²) in [5.74, 6) is 0.986. The lowest BCUT2D eigenvalue weighted by molar-refractivity contribution is -0.132. The van der Waals surface area contributed by atoms with E-state index >= 15 is 0 Å². The van der Waals surface area contributed by atoms with E-state index in [9.17, 15) is 13.2 Å². The molecule has 1 unspecified atom stereocenters. The molecule has 3 aliphatic rings. The van der Waals surface area contributed by atoms with Crippen LogP contribution in [0, 0.1) is 5.92 Å². The number of hydrogen-bond donors (Lipinski definition) is 0. The summed E-state index contributed by atoms with van der Waals surface area (Å²) in [5, 5.41) is 0. The molecule has 0 aromatic heterocycles. The Balaban J connectivity index is 1.45. The van der Waals surface area contributed by atoms with Gasteiger partial charge in [0.1, 0.15) is 0 Å². The lowest BCUT2D eigenvalue weighted by Crippen LogP contribution is -2.41. The molecule has 0 N–H and O–H groups in total. The molecule has 5 nitrogen and oxygen atoms in total. The Bertz CT molecular complexity index is 493. The third-order valence-electron chi connectivity index (χ3n) is 5.33. The van der Waals surface area contributed by atoms with Gasteiger partial charge < -0.3 is 9.80 Å². The van der Waals surface area contributed by atoms with Crippen LogP contribution in [0.2, 0.25) is 0 Å². The van der Waals surface area contributed by atoms with Gasteiger partial charge in [-0.3, -0.25) is 4.79 Å². The molecule has 21 heavy (non-hydrogen) atoms. The van der Waals surface area contributed by atoms with Crippen LogP contribution in [-0.4, -0.2) is 67.9 Å². The molecule has 1 atom stereocenters. The third kappa shape index (κ3) is 3.77. The molecule has 3 fully saturated rings. The van der Waals surface area contributed by atoms with E-state index < -0.39 is 9.84 Å². The van der Waals surface area contributed by atoms with Crippen LogP contribution >= 0.6 is 0 Å². The van der Waals surface area contributed by atoms with E-state index in [1.807, 2.05) is 0 Å². The molecule has 0 bridgehead atoms. The van der Waals surface area contributed by atoms with Gasteiger partial charge in [0.05, 0.1) is 11.5 Å². The van der Waals surface area contributed by atoms with Crippen LogP contribution in [0.25, 0.3) is 0 Å². The fourth-order valence-corrected chi connectivity index (χ4v) is 5.41. The molecule has 2 aliphatic heterocycles. The highest BCUT2D eigenvalue weighted by Crippen LogP contribution is 2.32. The van der Waals surface area contributed by atoms with Gasteiger partial charge in [-0.1, -0.05) is 0 Å². The van der Waals surface area contributed by atoms with Gasteiger partial charge in [-0.05, 0) is 51.1 Å². The molecular formula is C15H26N2O3S. The number of nitrogens with zero attached hydrogens (tertiary/aromatic N) is 2. The quantitative estimate of drug-likeness (QED) is 0.773. The summed E-state index contributed by atoms with van der Waals surface area (Å²) in [6.45, 7) is 2.26. The first-order valence-corrected chi connectivity index (χ1v) is 9.97.